The van der Waals surface area contributed by atoms with Crippen LogP contribution in [0.5, 0.6) is 0 Å². The van der Waals surface area contributed by atoms with Crippen LogP contribution in [-0.2, 0) is 4.79 Å². The van der Waals surface area contributed by atoms with Gasteiger partial charge in [-0.1, -0.05) is 11.6 Å². The second-order valence-electron chi connectivity index (χ2n) is 6.39. The summed E-state index contributed by atoms with van der Waals surface area (Å²) in [5.41, 5.74) is 1.31. The molecule has 2 saturated heterocycles. The smallest absolute Gasteiger partial charge is 0.298 e. The van der Waals surface area contributed by atoms with E-state index in [4.69, 9.17) is 16.0 Å². The van der Waals surface area contributed by atoms with Crippen molar-refractivity contribution in [2.75, 3.05) is 31.1 Å². The summed E-state index contributed by atoms with van der Waals surface area (Å²) >= 11 is 5.92. The first kappa shape index (κ1) is 15.6. The summed E-state index contributed by atoms with van der Waals surface area (Å²) in [6.07, 6.45) is -0.498. The number of alkyl halides is 2. The lowest BCUT2D eigenvalue weighted by atomic mass is 9.97. The van der Waals surface area contributed by atoms with E-state index in [0.29, 0.717) is 35.2 Å². The van der Waals surface area contributed by atoms with E-state index in [0.717, 1.165) is 0 Å². The van der Waals surface area contributed by atoms with Crippen molar-refractivity contribution < 1.29 is 18.0 Å². The van der Waals surface area contributed by atoms with E-state index in [9.17, 15) is 13.6 Å². The highest BCUT2D eigenvalue weighted by molar-refractivity contribution is 6.31. The Morgan fingerprint density at radius 3 is 2.71 bits per heavy atom. The number of rotatable bonds is 2. The van der Waals surface area contributed by atoms with Crippen LogP contribution < -0.4 is 4.90 Å². The van der Waals surface area contributed by atoms with Crippen molar-refractivity contribution in [3.8, 4) is 0 Å². The first-order valence-electron chi connectivity index (χ1n) is 7.89. The van der Waals surface area contributed by atoms with Gasteiger partial charge in [-0.25, -0.2) is 8.78 Å². The fourth-order valence-electron chi connectivity index (χ4n) is 3.12. The zero-order chi connectivity index (χ0) is 16.9. The van der Waals surface area contributed by atoms with Gasteiger partial charge in [-0.2, -0.15) is 4.98 Å². The van der Waals surface area contributed by atoms with Crippen LogP contribution in [-0.4, -0.2) is 47.9 Å². The Morgan fingerprint density at radius 2 is 2.00 bits per heavy atom. The highest BCUT2D eigenvalue weighted by atomic mass is 35.5. The number of hydrogen-bond donors (Lipinski definition) is 0. The summed E-state index contributed by atoms with van der Waals surface area (Å²) < 4.78 is 32.0. The van der Waals surface area contributed by atoms with Gasteiger partial charge in [0.05, 0.1) is 5.92 Å². The van der Waals surface area contributed by atoms with E-state index >= 15 is 0 Å². The number of likely N-dealkylation sites (tertiary alicyclic amines) is 1. The van der Waals surface area contributed by atoms with Gasteiger partial charge in [0, 0.05) is 50.1 Å². The van der Waals surface area contributed by atoms with E-state index in [1.54, 1.807) is 23.1 Å². The molecule has 2 aliphatic heterocycles. The first-order chi connectivity index (χ1) is 11.4. The summed E-state index contributed by atoms with van der Waals surface area (Å²) in [5, 5.41) is 0.573. The predicted molar refractivity (Wildman–Crippen MR) is 85.5 cm³/mol. The van der Waals surface area contributed by atoms with Gasteiger partial charge < -0.3 is 14.2 Å². The molecule has 0 bridgehead atoms. The molecular weight excluding hydrogens is 340 g/mol. The molecule has 128 valence electrons. The van der Waals surface area contributed by atoms with Gasteiger partial charge in [0.25, 0.3) is 11.9 Å². The third-order valence-electron chi connectivity index (χ3n) is 4.65. The Kier molecular flexibility index (Phi) is 3.63. The molecule has 0 radical (unpaired) electrons. The van der Waals surface area contributed by atoms with Crippen LogP contribution >= 0.6 is 11.6 Å². The molecule has 2 aromatic rings. The molecule has 0 N–H and O–H groups in total. The number of anilines is 1. The van der Waals surface area contributed by atoms with Crippen LogP contribution in [0.1, 0.15) is 12.8 Å². The third-order valence-corrected chi connectivity index (χ3v) is 4.88. The maximum absolute atomic E-state index is 13.2. The molecule has 0 saturated carbocycles. The van der Waals surface area contributed by atoms with Gasteiger partial charge in [-0.15, -0.1) is 0 Å². The van der Waals surface area contributed by atoms with Crippen molar-refractivity contribution in [3.63, 3.8) is 0 Å². The van der Waals surface area contributed by atoms with Crippen LogP contribution in [0.3, 0.4) is 0 Å². The monoisotopic (exact) mass is 355 g/mol. The number of amides is 1. The SMILES string of the molecule is O=C(C1CN(c2nc3ccc(Cl)cc3o2)C1)N1CCC(F)(F)CC1. The molecule has 8 heteroatoms. The molecular formula is C16H16ClF2N3O2. The number of aromatic nitrogens is 1. The molecule has 4 rings (SSSR count). The second-order valence-corrected chi connectivity index (χ2v) is 6.83. The van der Waals surface area contributed by atoms with E-state index in [-0.39, 0.29) is 37.8 Å². The Balaban J connectivity index is 1.38. The number of nitrogens with zero attached hydrogens (tertiary/aromatic N) is 3. The second kappa shape index (κ2) is 5.58. The van der Waals surface area contributed by atoms with Crippen molar-refractivity contribution in [2.45, 2.75) is 18.8 Å². The lowest BCUT2D eigenvalue weighted by molar-refractivity contribution is -0.142. The van der Waals surface area contributed by atoms with Gasteiger partial charge in [0.15, 0.2) is 5.58 Å². The fraction of sp³-hybridized carbons (Fsp3) is 0.500. The molecule has 0 aliphatic carbocycles. The van der Waals surface area contributed by atoms with Crippen LogP contribution in [0.2, 0.25) is 5.02 Å². The molecule has 1 aromatic heterocycles. The molecule has 0 unspecified atom stereocenters. The summed E-state index contributed by atoms with van der Waals surface area (Å²) in [6, 6.07) is 5.68. The summed E-state index contributed by atoms with van der Waals surface area (Å²) in [5.74, 6) is -2.88. The standard InChI is InChI=1S/C16H16ClF2N3O2/c17-11-1-2-12-13(7-11)24-15(20-12)22-8-10(9-22)14(23)21-5-3-16(18,19)4-6-21/h1-2,7,10H,3-6,8-9H2. The van der Waals surface area contributed by atoms with Crippen molar-refractivity contribution in [2.24, 2.45) is 5.92 Å². The van der Waals surface area contributed by atoms with E-state index < -0.39 is 5.92 Å². The quantitative estimate of drug-likeness (QED) is 0.830. The minimum Gasteiger partial charge on any atom is -0.423 e. The largest absolute Gasteiger partial charge is 0.423 e. The first-order valence-corrected chi connectivity index (χ1v) is 8.27. The number of piperidine rings is 1. The number of oxazole rings is 1. The van der Waals surface area contributed by atoms with Crippen LogP contribution in [0.4, 0.5) is 14.8 Å². The van der Waals surface area contributed by atoms with Crippen molar-refractivity contribution in [3.05, 3.63) is 23.2 Å². The predicted octanol–water partition coefficient (Wildman–Crippen LogP) is 3.18. The summed E-state index contributed by atoms with van der Waals surface area (Å²) in [6.45, 7) is 1.24. The Hall–Kier alpha value is -1.89. The third kappa shape index (κ3) is 2.81. The Morgan fingerprint density at radius 1 is 1.29 bits per heavy atom. The van der Waals surface area contributed by atoms with E-state index in [1.165, 1.54) is 0 Å². The number of carbonyl (C=O) groups is 1. The van der Waals surface area contributed by atoms with Gasteiger partial charge in [0.1, 0.15) is 5.52 Å². The molecule has 1 amide bonds. The maximum atomic E-state index is 13.2. The maximum Gasteiger partial charge on any atom is 0.298 e. The van der Waals surface area contributed by atoms with Crippen molar-refractivity contribution in [1.29, 1.82) is 0 Å². The topological polar surface area (TPSA) is 49.6 Å². The fourth-order valence-corrected chi connectivity index (χ4v) is 3.29. The average Bonchev–Trinajstić information content (AvgIpc) is 2.87. The number of halogens is 3. The zero-order valence-electron chi connectivity index (χ0n) is 12.8. The van der Waals surface area contributed by atoms with E-state index in [2.05, 4.69) is 4.98 Å². The van der Waals surface area contributed by atoms with Gasteiger partial charge in [-0.3, -0.25) is 4.79 Å². The molecule has 3 heterocycles. The highest BCUT2D eigenvalue weighted by Gasteiger charge is 2.41. The van der Waals surface area contributed by atoms with Crippen molar-refractivity contribution >= 4 is 34.6 Å². The highest BCUT2D eigenvalue weighted by Crippen LogP contribution is 2.32. The number of fused-ring (bicyclic) bond motifs is 1. The minimum absolute atomic E-state index is 0.0547. The zero-order valence-corrected chi connectivity index (χ0v) is 13.6. The number of hydrogen-bond acceptors (Lipinski definition) is 4. The van der Waals surface area contributed by atoms with Gasteiger partial charge in [0.2, 0.25) is 5.91 Å². The van der Waals surface area contributed by atoms with Crippen molar-refractivity contribution in [1.82, 2.24) is 9.88 Å². The molecule has 2 fully saturated rings. The molecule has 0 atom stereocenters. The Labute approximate surface area is 142 Å². The molecule has 5 nitrogen and oxygen atoms in total. The molecule has 24 heavy (non-hydrogen) atoms. The molecule has 1 aromatic carbocycles. The van der Waals surface area contributed by atoms with E-state index in [1.807, 2.05) is 4.90 Å². The number of carbonyl (C=O) groups excluding carboxylic acids is 1. The van der Waals surface area contributed by atoms with Gasteiger partial charge >= 0.3 is 0 Å². The van der Waals surface area contributed by atoms with Crippen LogP contribution in [0, 0.1) is 5.92 Å². The average molecular weight is 356 g/mol. The van der Waals surface area contributed by atoms with Gasteiger partial charge in [-0.05, 0) is 12.1 Å². The Bertz CT molecular complexity index is 779. The van der Waals surface area contributed by atoms with Crippen LogP contribution in [0.25, 0.3) is 11.1 Å². The normalized spacial score (nSPS) is 21.1. The van der Waals surface area contributed by atoms with Crippen LogP contribution in [0.15, 0.2) is 22.6 Å². The molecule has 2 aliphatic rings. The summed E-state index contributed by atoms with van der Waals surface area (Å²) in [7, 11) is 0. The number of benzene rings is 1. The molecule has 0 spiro atoms. The minimum atomic E-state index is -2.64. The lowest BCUT2D eigenvalue weighted by Crippen LogP contribution is -2.56. The lowest BCUT2D eigenvalue weighted by Gasteiger charge is -2.41. The summed E-state index contributed by atoms with van der Waals surface area (Å²) in [4.78, 5) is 20.2.